The lowest BCUT2D eigenvalue weighted by atomic mass is 10.0. The van der Waals surface area contributed by atoms with E-state index in [1.54, 1.807) is 6.08 Å². The Hall–Kier alpha value is -1.92. The lowest BCUT2D eigenvalue weighted by molar-refractivity contribution is -0.143. The van der Waals surface area contributed by atoms with Gasteiger partial charge in [0, 0.05) is 12.8 Å². The molecule has 6 heteroatoms. The Morgan fingerprint density at radius 3 is 1.42 bits per heavy atom. The van der Waals surface area contributed by atoms with Crippen molar-refractivity contribution in [1.29, 1.82) is 0 Å². The number of nitrogens with one attached hydrogen (secondary N) is 1. The average Bonchev–Trinajstić information content (AvgIpc) is 3.18. The van der Waals surface area contributed by atoms with Gasteiger partial charge in [-0.3, -0.25) is 9.59 Å². The Bertz CT molecular complexity index is 900. The van der Waals surface area contributed by atoms with Gasteiger partial charge in [0.15, 0.2) is 0 Å². The van der Waals surface area contributed by atoms with Crippen LogP contribution in [0.3, 0.4) is 0 Å². The summed E-state index contributed by atoms with van der Waals surface area (Å²) >= 11 is 0. The Morgan fingerprint density at radius 1 is 0.509 bits per heavy atom. The average molecular weight is 774 g/mol. The van der Waals surface area contributed by atoms with Crippen LogP contribution < -0.4 is 5.32 Å². The van der Waals surface area contributed by atoms with E-state index in [1.165, 1.54) is 154 Å². The van der Waals surface area contributed by atoms with Crippen LogP contribution in [-0.4, -0.2) is 47.4 Å². The van der Waals surface area contributed by atoms with Gasteiger partial charge in [0.25, 0.3) is 0 Å². The molecule has 0 aromatic heterocycles. The molecule has 322 valence electrons. The second kappa shape index (κ2) is 44.8. The number of carbonyl (C=O) groups is 2. The van der Waals surface area contributed by atoms with Crippen molar-refractivity contribution in [2.24, 2.45) is 0 Å². The van der Waals surface area contributed by atoms with Crippen LogP contribution in [0.5, 0.6) is 0 Å². The van der Waals surface area contributed by atoms with Crippen LogP contribution >= 0.6 is 0 Å². The highest BCUT2D eigenvalue weighted by Crippen LogP contribution is 2.14. The molecule has 0 bridgehead atoms. The number of ether oxygens (including phenoxy) is 1. The summed E-state index contributed by atoms with van der Waals surface area (Å²) < 4.78 is 5.43. The van der Waals surface area contributed by atoms with Gasteiger partial charge in [0.2, 0.25) is 5.91 Å². The molecule has 0 saturated heterocycles. The minimum atomic E-state index is -0.878. The van der Waals surface area contributed by atoms with Crippen LogP contribution in [0.2, 0.25) is 0 Å². The summed E-state index contributed by atoms with van der Waals surface area (Å²) in [6.45, 7) is 4.82. The number of unbranched alkanes of at least 4 members (excludes halogenated alkanes) is 28. The monoisotopic (exact) mass is 774 g/mol. The maximum absolute atomic E-state index is 12.4. The summed E-state index contributed by atoms with van der Waals surface area (Å²) in [5.41, 5.74) is 0. The van der Waals surface area contributed by atoms with E-state index in [2.05, 4.69) is 37.4 Å². The molecule has 0 spiro atoms. The van der Waals surface area contributed by atoms with E-state index in [0.717, 1.165) is 51.4 Å². The van der Waals surface area contributed by atoms with Crippen molar-refractivity contribution in [1.82, 2.24) is 5.32 Å². The third kappa shape index (κ3) is 41.5. The van der Waals surface area contributed by atoms with Gasteiger partial charge in [-0.15, -0.1) is 0 Å². The number of amides is 1. The molecule has 3 N–H and O–H groups in total. The molecule has 0 aromatic rings. The van der Waals surface area contributed by atoms with E-state index in [-0.39, 0.29) is 18.5 Å². The summed E-state index contributed by atoms with van der Waals surface area (Å²) in [5, 5.41) is 22.9. The topological polar surface area (TPSA) is 95.9 Å². The first kappa shape index (κ1) is 53.1. The van der Waals surface area contributed by atoms with Gasteiger partial charge in [0.1, 0.15) is 0 Å². The molecule has 1 amide bonds. The Kier molecular flexibility index (Phi) is 43.2. The zero-order valence-corrected chi connectivity index (χ0v) is 36.4. The van der Waals surface area contributed by atoms with Crippen molar-refractivity contribution >= 4 is 11.9 Å². The third-order valence-electron chi connectivity index (χ3n) is 10.7. The number of rotatable bonds is 43. The normalized spacial score (nSPS) is 13.0. The van der Waals surface area contributed by atoms with Crippen molar-refractivity contribution < 1.29 is 24.5 Å². The van der Waals surface area contributed by atoms with Gasteiger partial charge in [0.05, 0.1) is 25.4 Å². The minimum absolute atomic E-state index is 0.0197. The third-order valence-corrected chi connectivity index (χ3v) is 10.7. The number of allylic oxidation sites excluding steroid dienone is 5. The molecule has 0 fully saturated rings. The van der Waals surface area contributed by atoms with Gasteiger partial charge < -0.3 is 20.3 Å². The summed E-state index contributed by atoms with van der Waals surface area (Å²) in [6.07, 6.45) is 52.9. The van der Waals surface area contributed by atoms with Crippen LogP contribution in [0, 0.1) is 0 Å². The Labute approximate surface area is 341 Å². The van der Waals surface area contributed by atoms with Crippen molar-refractivity contribution in [3.63, 3.8) is 0 Å². The highest BCUT2D eigenvalue weighted by molar-refractivity contribution is 5.76. The minimum Gasteiger partial charge on any atom is -0.466 e. The van der Waals surface area contributed by atoms with Crippen molar-refractivity contribution in [3.8, 4) is 0 Å². The molecule has 0 saturated carbocycles. The molecule has 6 nitrogen and oxygen atoms in total. The lowest BCUT2D eigenvalue weighted by Crippen LogP contribution is -2.45. The maximum atomic E-state index is 12.4. The first-order valence-corrected chi connectivity index (χ1v) is 23.8. The molecule has 55 heavy (non-hydrogen) atoms. The zero-order valence-electron chi connectivity index (χ0n) is 36.4. The van der Waals surface area contributed by atoms with E-state index >= 15 is 0 Å². The molecule has 2 unspecified atom stereocenters. The van der Waals surface area contributed by atoms with Gasteiger partial charge >= 0.3 is 5.97 Å². The van der Waals surface area contributed by atoms with Gasteiger partial charge in [-0.25, -0.2) is 0 Å². The van der Waals surface area contributed by atoms with E-state index in [9.17, 15) is 19.8 Å². The summed E-state index contributed by atoms with van der Waals surface area (Å²) in [6, 6.07) is -0.670. The van der Waals surface area contributed by atoms with Crippen LogP contribution in [0.25, 0.3) is 0 Å². The number of esters is 1. The molecule has 0 aliphatic rings. The molecule has 0 aromatic carbocycles. The van der Waals surface area contributed by atoms with Gasteiger partial charge in [-0.2, -0.15) is 0 Å². The molecule has 0 rings (SSSR count). The summed E-state index contributed by atoms with van der Waals surface area (Å²) in [4.78, 5) is 24.3. The fourth-order valence-electron chi connectivity index (χ4n) is 6.98. The van der Waals surface area contributed by atoms with Crippen LogP contribution in [-0.2, 0) is 14.3 Å². The lowest BCUT2D eigenvalue weighted by Gasteiger charge is -2.19. The molecule has 0 radical (unpaired) electrons. The number of aliphatic hydroxyl groups is 2. The van der Waals surface area contributed by atoms with Crippen molar-refractivity contribution in [3.05, 3.63) is 36.5 Å². The number of carbonyl (C=O) groups excluding carboxylic acids is 2. The van der Waals surface area contributed by atoms with Crippen molar-refractivity contribution in [2.75, 3.05) is 13.2 Å². The molecule has 2 atom stereocenters. The smallest absolute Gasteiger partial charge is 0.305 e. The fourth-order valence-corrected chi connectivity index (χ4v) is 6.98. The largest absolute Gasteiger partial charge is 0.466 e. The Morgan fingerprint density at radius 2 is 0.927 bits per heavy atom. The first-order chi connectivity index (χ1) is 27.0. The number of hydrogen-bond acceptors (Lipinski definition) is 5. The molecular weight excluding hydrogens is 683 g/mol. The van der Waals surface area contributed by atoms with Crippen LogP contribution in [0.4, 0.5) is 0 Å². The summed E-state index contributed by atoms with van der Waals surface area (Å²) in [5.74, 6) is -0.169. The predicted octanol–water partition coefficient (Wildman–Crippen LogP) is 13.7. The SMILES string of the molecule is CCCCCCCCCCCCCC/C=C/C(O)C(CO)NC(=O)CC/C=C\C/C=C\CCCCCCCCOC(=O)CCCCCCCCCCCCC. The second-order valence-electron chi connectivity index (χ2n) is 16.1. The van der Waals surface area contributed by atoms with E-state index in [4.69, 9.17) is 4.74 Å². The van der Waals surface area contributed by atoms with Gasteiger partial charge in [-0.1, -0.05) is 211 Å². The van der Waals surface area contributed by atoms with E-state index in [0.29, 0.717) is 25.9 Å². The first-order valence-electron chi connectivity index (χ1n) is 23.8. The van der Waals surface area contributed by atoms with Crippen LogP contribution in [0.1, 0.15) is 239 Å². The fraction of sp³-hybridized carbons (Fsp3) is 0.837. The van der Waals surface area contributed by atoms with E-state index in [1.807, 2.05) is 12.2 Å². The highest BCUT2D eigenvalue weighted by Gasteiger charge is 2.17. The summed E-state index contributed by atoms with van der Waals surface area (Å²) in [7, 11) is 0. The second-order valence-corrected chi connectivity index (χ2v) is 16.1. The number of hydrogen-bond donors (Lipinski definition) is 3. The van der Waals surface area contributed by atoms with Crippen molar-refractivity contribution in [2.45, 2.75) is 251 Å². The highest BCUT2D eigenvalue weighted by atomic mass is 16.5. The van der Waals surface area contributed by atoms with Crippen LogP contribution in [0.15, 0.2) is 36.5 Å². The molecule has 0 aliphatic heterocycles. The molecule has 0 heterocycles. The predicted molar refractivity (Wildman–Crippen MR) is 236 cm³/mol. The van der Waals surface area contributed by atoms with Gasteiger partial charge in [-0.05, 0) is 51.4 Å². The quantitative estimate of drug-likeness (QED) is 0.0326. The molecular formula is C49H91NO5. The standard InChI is InChI=1S/C49H91NO5/c1-3-5-7-9-11-13-15-16-18-22-25-29-33-37-41-47(52)46(45-51)50-48(53)42-38-34-30-26-23-19-17-20-24-28-32-36-40-44-55-49(54)43-39-35-31-27-21-14-12-10-8-6-4-2/h19,23,30,34,37,41,46-47,51-52H,3-18,20-22,24-29,31-33,35-36,38-40,42-45H2,1-2H3,(H,50,53)/b23-19-,34-30-,41-37+. The maximum Gasteiger partial charge on any atom is 0.305 e. The van der Waals surface area contributed by atoms with E-state index < -0.39 is 12.1 Å². The Balaban J connectivity index is 3.61. The number of aliphatic hydroxyl groups excluding tert-OH is 2. The zero-order chi connectivity index (χ0) is 40.1. The molecule has 0 aliphatic carbocycles.